The second-order valence-electron chi connectivity index (χ2n) is 6.32. The van der Waals surface area contributed by atoms with E-state index < -0.39 is 36.2 Å². The highest BCUT2D eigenvalue weighted by Crippen LogP contribution is 2.41. The van der Waals surface area contributed by atoms with Gasteiger partial charge in [-0.2, -0.15) is 0 Å². The number of nitrogens with two attached hydrogens (primary N) is 1. The van der Waals surface area contributed by atoms with E-state index in [0.29, 0.717) is 0 Å². The number of carbonyl (C=O) groups excluding carboxylic acids is 1. The van der Waals surface area contributed by atoms with Crippen molar-refractivity contribution in [3.63, 3.8) is 0 Å². The third kappa shape index (κ3) is 3.75. The Morgan fingerprint density at radius 1 is 1.39 bits per heavy atom. The summed E-state index contributed by atoms with van der Waals surface area (Å²) in [6.45, 7) is 0.307. The number of amides is 1. The molecule has 0 spiro atoms. The van der Waals surface area contributed by atoms with E-state index in [9.17, 15) is 18.0 Å². The number of alkyl halides is 2. The number of rotatable bonds is 4. The fourth-order valence-electron chi connectivity index (χ4n) is 2.91. The molecule has 1 aromatic heterocycles. The number of pyridine rings is 1. The minimum atomic E-state index is -1.87. The zero-order valence-electron chi connectivity index (χ0n) is 14.6. The molecule has 2 aromatic rings. The van der Waals surface area contributed by atoms with Gasteiger partial charge in [0.2, 0.25) is 0 Å². The lowest BCUT2D eigenvalue weighted by atomic mass is 9.84. The molecule has 3 atom stereocenters. The van der Waals surface area contributed by atoms with Gasteiger partial charge in [0.05, 0.1) is 6.20 Å². The molecule has 0 bridgehead atoms. The summed E-state index contributed by atoms with van der Waals surface area (Å²) in [7, 11) is 0. The Hall–Kier alpha value is -2.81. The summed E-state index contributed by atoms with van der Waals surface area (Å²) in [4.78, 5) is 20.0. The van der Waals surface area contributed by atoms with Crippen LogP contribution in [0.4, 0.5) is 18.9 Å². The van der Waals surface area contributed by atoms with Crippen LogP contribution in [-0.4, -0.2) is 35.9 Å². The molecule has 1 aromatic carbocycles. The zero-order chi connectivity index (χ0) is 20.5. The second kappa shape index (κ2) is 7.67. The highest BCUT2D eigenvalue weighted by molar-refractivity contribution is 6.31. The third-order valence-electron chi connectivity index (χ3n) is 4.36. The van der Waals surface area contributed by atoms with Gasteiger partial charge in [0.25, 0.3) is 11.9 Å². The van der Waals surface area contributed by atoms with E-state index in [0.717, 1.165) is 12.3 Å². The molecule has 148 valence electrons. The number of halogens is 4. The normalized spacial score (nSPS) is 24.2. The molecule has 0 unspecified atom stereocenters. The molecule has 2 heterocycles. The van der Waals surface area contributed by atoms with Gasteiger partial charge in [-0.05, 0) is 37.3 Å². The van der Waals surface area contributed by atoms with Crippen LogP contribution in [0.2, 0.25) is 5.02 Å². The first-order valence-corrected chi connectivity index (χ1v) is 8.57. The molecule has 10 heteroatoms. The molecule has 0 radical (unpaired) electrons. The number of nitrogens with one attached hydrogen (secondary N) is 1. The number of hydrogen-bond acceptors (Lipinski definition) is 5. The van der Waals surface area contributed by atoms with Gasteiger partial charge in [-0.25, -0.2) is 23.1 Å². The van der Waals surface area contributed by atoms with Gasteiger partial charge in [-0.1, -0.05) is 11.6 Å². The predicted octanol–water partition coefficient (Wildman–Crippen LogP) is 3.36. The van der Waals surface area contributed by atoms with E-state index in [-0.39, 0.29) is 28.0 Å². The number of hydrogen-bond donors (Lipinski definition) is 2. The Morgan fingerprint density at radius 3 is 2.79 bits per heavy atom. The first-order chi connectivity index (χ1) is 13.2. The van der Waals surface area contributed by atoms with E-state index in [1.54, 1.807) is 0 Å². The Labute approximate surface area is 163 Å². The molecule has 3 N–H and O–H groups in total. The maximum Gasteiger partial charge on any atom is 0.283 e. The largest absolute Gasteiger partial charge is 0.456 e. The lowest BCUT2D eigenvalue weighted by molar-refractivity contribution is 0.00558. The van der Waals surface area contributed by atoms with Crippen LogP contribution in [0.5, 0.6) is 0 Å². The van der Waals surface area contributed by atoms with Crippen molar-refractivity contribution in [2.75, 3.05) is 12.0 Å². The van der Waals surface area contributed by atoms with Gasteiger partial charge in [-0.15, -0.1) is 0 Å². The molecule has 0 saturated carbocycles. The molecule has 6 nitrogen and oxygen atoms in total. The molecule has 1 aliphatic rings. The maximum atomic E-state index is 14.9. The quantitative estimate of drug-likeness (QED) is 0.805. The fraction of sp³-hybridized carbons (Fsp3) is 0.278. The summed E-state index contributed by atoms with van der Waals surface area (Å²) in [5, 5.41) is 2.71. The number of carbonyl (C=O) groups is 1. The van der Waals surface area contributed by atoms with Crippen LogP contribution in [0.3, 0.4) is 0 Å². The number of aliphatic imine (C=N–C) groups is 1. The average molecular weight is 413 g/mol. The minimum absolute atomic E-state index is 0.0155. The van der Waals surface area contributed by atoms with Crippen molar-refractivity contribution >= 4 is 29.2 Å². The summed E-state index contributed by atoms with van der Waals surface area (Å²) in [6, 6.07) is 6.29. The molecule has 1 amide bonds. The molecule has 0 saturated heterocycles. The van der Waals surface area contributed by atoms with Gasteiger partial charge >= 0.3 is 0 Å². The summed E-state index contributed by atoms with van der Waals surface area (Å²) < 4.78 is 45.9. The van der Waals surface area contributed by atoms with Crippen molar-refractivity contribution in [2.24, 2.45) is 10.7 Å². The summed E-state index contributed by atoms with van der Waals surface area (Å²) in [5.41, 5.74) is 4.40. The van der Waals surface area contributed by atoms with E-state index in [4.69, 9.17) is 22.1 Å². The second-order valence-corrected chi connectivity index (χ2v) is 6.73. The standard InChI is InChI=1S/C18H16ClF3N4O2/c1-18(15(22)14(7-20)28-17(23)26-18)11-6-10(3-4-12(11)19)25-16(27)13-5-2-9(21)8-24-13/h2-6,8,14-15H,7H2,1H3,(H2,23,26)(H,25,27)/t14-,15+,18-/m1/s1. The molecule has 3 rings (SSSR count). The van der Waals surface area contributed by atoms with Crippen molar-refractivity contribution < 1.29 is 22.7 Å². The van der Waals surface area contributed by atoms with Crippen molar-refractivity contribution in [2.45, 2.75) is 24.7 Å². The molecule has 28 heavy (non-hydrogen) atoms. The molecular formula is C18H16ClF3N4O2. The van der Waals surface area contributed by atoms with Crippen LogP contribution >= 0.6 is 11.6 Å². The summed E-state index contributed by atoms with van der Waals surface area (Å²) in [5.74, 6) is -1.18. The maximum absolute atomic E-state index is 14.9. The van der Waals surface area contributed by atoms with Crippen LogP contribution in [0.1, 0.15) is 23.0 Å². The fourth-order valence-corrected chi connectivity index (χ4v) is 3.22. The zero-order valence-corrected chi connectivity index (χ0v) is 15.4. The highest BCUT2D eigenvalue weighted by atomic mass is 35.5. The van der Waals surface area contributed by atoms with Gasteiger partial charge in [0.15, 0.2) is 12.3 Å². The number of amidine groups is 1. The first-order valence-electron chi connectivity index (χ1n) is 8.19. The van der Waals surface area contributed by atoms with E-state index in [1.165, 1.54) is 31.2 Å². The van der Waals surface area contributed by atoms with E-state index in [1.807, 2.05) is 0 Å². The number of anilines is 1. The smallest absolute Gasteiger partial charge is 0.283 e. The molecule has 0 aliphatic carbocycles. The van der Waals surface area contributed by atoms with Gasteiger partial charge in [0, 0.05) is 16.3 Å². The lowest BCUT2D eigenvalue weighted by Crippen LogP contribution is -2.50. The first kappa shape index (κ1) is 19.9. The van der Waals surface area contributed by atoms with E-state index in [2.05, 4.69) is 15.3 Å². The number of ether oxygens (including phenoxy) is 1. The molecule has 1 aliphatic heterocycles. The van der Waals surface area contributed by atoms with Crippen molar-refractivity contribution in [3.05, 3.63) is 58.6 Å². The number of benzene rings is 1. The van der Waals surface area contributed by atoms with Crippen LogP contribution in [0.25, 0.3) is 0 Å². The Morgan fingerprint density at radius 2 is 2.14 bits per heavy atom. The number of nitrogens with zero attached hydrogens (tertiary/aromatic N) is 2. The Kier molecular flexibility index (Phi) is 5.46. The Bertz CT molecular complexity index is 926. The number of aromatic nitrogens is 1. The predicted molar refractivity (Wildman–Crippen MR) is 98.3 cm³/mol. The van der Waals surface area contributed by atoms with Crippen LogP contribution in [0, 0.1) is 5.82 Å². The van der Waals surface area contributed by atoms with Crippen molar-refractivity contribution in [1.82, 2.24) is 4.98 Å². The molecular weight excluding hydrogens is 397 g/mol. The summed E-state index contributed by atoms with van der Waals surface area (Å²) >= 11 is 6.22. The minimum Gasteiger partial charge on any atom is -0.456 e. The summed E-state index contributed by atoms with van der Waals surface area (Å²) in [6.07, 6.45) is -2.39. The van der Waals surface area contributed by atoms with Gasteiger partial charge in [-0.3, -0.25) is 4.79 Å². The SMILES string of the molecule is C[C@]1(c2cc(NC(=O)c3ccc(F)cn3)ccc2Cl)N=C(N)O[C@H](CF)[C@@H]1F. The Balaban J connectivity index is 1.94. The van der Waals surface area contributed by atoms with Crippen molar-refractivity contribution in [1.29, 1.82) is 0 Å². The topological polar surface area (TPSA) is 89.6 Å². The van der Waals surface area contributed by atoms with Crippen LogP contribution < -0.4 is 11.1 Å². The monoisotopic (exact) mass is 412 g/mol. The van der Waals surface area contributed by atoms with Gasteiger partial charge < -0.3 is 15.8 Å². The van der Waals surface area contributed by atoms with Crippen molar-refractivity contribution in [3.8, 4) is 0 Å². The van der Waals surface area contributed by atoms with Crippen LogP contribution in [0.15, 0.2) is 41.5 Å². The third-order valence-corrected chi connectivity index (χ3v) is 4.69. The highest BCUT2D eigenvalue weighted by Gasteiger charge is 2.47. The average Bonchev–Trinajstić information content (AvgIpc) is 2.66. The van der Waals surface area contributed by atoms with Crippen LogP contribution in [-0.2, 0) is 10.3 Å². The van der Waals surface area contributed by atoms with E-state index >= 15 is 0 Å². The van der Waals surface area contributed by atoms with Gasteiger partial charge in [0.1, 0.15) is 23.7 Å². The molecule has 0 fully saturated rings. The lowest BCUT2D eigenvalue weighted by Gasteiger charge is -2.37.